The van der Waals surface area contributed by atoms with Gasteiger partial charge in [0.2, 0.25) is 0 Å². The first kappa shape index (κ1) is 22.0. The lowest BCUT2D eigenvalue weighted by Crippen LogP contribution is -2.35. The predicted molar refractivity (Wildman–Crippen MR) is 125 cm³/mol. The maximum atomic E-state index is 12.7. The van der Waals surface area contributed by atoms with Gasteiger partial charge in [-0.15, -0.1) is 0 Å². The molecule has 2 aliphatic rings. The van der Waals surface area contributed by atoms with Crippen molar-refractivity contribution in [2.24, 2.45) is 5.10 Å². The number of esters is 1. The van der Waals surface area contributed by atoms with Gasteiger partial charge in [0.15, 0.2) is 0 Å². The van der Waals surface area contributed by atoms with Gasteiger partial charge in [-0.05, 0) is 66.6 Å². The lowest BCUT2D eigenvalue weighted by Gasteiger charge is -2.28. The number of rotatable bonds is 6. The van der Waals surface area contributed by atoms with Crippen molar-refractivity contribution in [1.29, 1.82) is 0 Å². The lowest BCUT2D eigenvalue weighted by atomic mass is 9.99. The van der Waals surface area contributed by atoms with E-state index in [4.69, 9.17) is 4.74 Å². The average Bonchev–Trinajstić information content (AvgIpc) is 2.83. The number of carbonyl (C=O) groups is 2. The van der Waals surface area contributed by atoms with Crippen LogP contribution in [0.15, 0.2) is 47.6 Å². The molecule has 0 aromatic heterocycles. The SMILES string of the molecule is COC(=O)CN1CCc2ccc(NC(=O)c3ccc(/C=N/N4CCCCC4)cc3)cc2C1. The Morgan fingerprint density at radius 2 is 1.81 bits per heavy atom. The van der Waals surface area contributed by atoms with Crippen LogP contribution in [0, 0.1) is 0 Å². The predicted octanol–water partition coefficient (Wildman–Crippen LogP) is 3.29. The molecule has 2 aliphatic heterocycles. The minimum atomic E-state index is -0.234. The molecule has 2 heterocycles. The highest BCUT2D eigenvalue weighted by Crippen LogP contribution is 2.23. The van der Waals surface area contributed by atoms with E-state index in [1.807, 2.05) is 42.6 Å². The van der Waals surface area contributed by atoms with Gasteiger partial charge in [0.05, 0.1) is 19.9 Å². The van der Waals surface area contributed by atoms with Crippen LogP contribution < -0.4 is 5.32 Å². The first-order valence-corrected chi connectivity index (χ1v) is 11.2. The smallest absolute Gasteiger partial charge is 0.319 e. The Kier molecular flexibility index (Phi) is 7.17. The van der Waals surface area contributed by atoms with E-state index in [0.29, 0.717) is 12.1 Å². The van der Waals surface area contributed by atoms with E-state index in [2.05, 4.69) is 26.4 Å². The maximum Gasteiger partial charge on any atom is 0.319 e. The summed E-state index contributed by atoms with van der Waals surface area (Å²) >= 11 is 0. The van der Waals surface area contributed by atoms with Gasteiger partial charge in [0.25, 0.3) is 5.91 Å². The molecule has 1 amide bonds. The topological polar surface area (TPSA) is 74.2 Å². The molecule has 0 spiro atoms. The van der Waals surface area contributed by atoms with E-state index in [1.165, 1.54) is 31.9 Å². The third-order valence-electron chi connectivity index (χ3n) is 6.01. The molecule has 4 rings (SSSR count). The molecular weight excluding hydrogens is 404 g/mol. The third kappa shape index (κ3) is 5.73. The minimum Gasteiger partial charge on any atom is -0.468 e. The Labute approximate surface area is 189 Å². The molecule has 0 atom stereocenters. The van der Waals surface area contributed by atoms with Crippen LogP contribution in [0.2, 0.25) is 0 Å². The quantitative estimate of drug-likeness (QED) is 0.558. The fourth-order valence-corrected chi connectivity index (χ4v) is 4.14. The van der Waals surface area contributed by atoms with Crippen molar-refractivity contribution in [2.75, 3.05) is 38.6 Å². The number of carbonyl (C=O) groups excluding carboxylic acids is 2. The number of ether oxygens (including phenoxy) is 1. The zero-order valence-electron chi connectivity index (χ0n) is 18.5. The highest BCUT2D eigenvalue weighted by atomic mass is 16.5. The molecule has 0 radical (unpaired) electrons. The van der Waals surface area contributed by atoms with E-state index in [9.17, 15) is 9.59 Å². The van der Waals surface area contributed by atoms with Crippen LogP contribution in [0.4, 0.5) is 5.69 Å². The Morgan fingerprint density at radius 3 is 2.56 bits per heavy atom. The molecule has 0 unspecified atom stereocenters. The van der Waals surface area contributed by atoms with Gasteiger partial charge in [0.1, 0.15) is 0 Å². The maximum absolute atomic E-state index is 12.7. The number of piperidine rings is 1. The normalized spacial score (nSPS) is 16.6. The van der Waals surface area contributed by atoms with Crippen LogP contribution in [0.3, 0.4) is 0 Å². The summed E-state index contributed by atoms with van der Waals surface area (Å²) in [4.78, 5) is 26.4. The summed E-state index contributed by atoms with van der Waals surface area (Å²) in [6, 6.07) is 13.5. The van der Waals surface area contributed by atoms with Crippen LogP contribution in [0.1, 0.15) is 46.3 Å². The van der Waals surface area contributed by atoms with Crippen molar-refractivity contribution in [3.05, 3.63) is 64.7 Å². The standard InChI is InChI=1S/C25H30N4O3/c1-32-24(30)18-28-14-11-20-9-10-23(15-22(20)17-28)27-25(31)21-7-5-19(6-8-21)16-26-29-12-3-2-4-13-29/h5-10,15-16H,2-4,11-14,17-18H2,1H3,(H,27,31)/b26-16+. The molecule has 32 heavy (non-hydrogen) atoms. The van der Waals surface area contributed by atoms with E-state index in [-0.39, 0.29) is 18.4 Å². The Hall–Kier alpha value is -3.19. The van der Waals surface area contributed by atoms with Crippen molar-refractivity contribution >= 4 is 23.8 Å². The average molecular weight is 435 g/mol. The summed E-state index contributed by atoms with van der Waals surface area (Å²) in [6.45, 7) is 3.79. The number of hydrogen-bond donors (Lipinski definition) is 1. The number of nitrogens with zero attached hydrogens (tertiary/aromatic N) is 3. The van der Waals surface area contributed by atoms with Crippen LogP contribution in [-0.4, -0.2) is 61.3 Å². The molecule has 2 aromatic carbocycles. The number of benzene rings is 2. The molecule has 7 heteroatoms. The first-order chi connectivity index (χ1) is 15.6. The van der Waals surface area contributed by atoms with Crippen molar-refractivity contribution in [3.63, 3.8) is 0 Å². The van der Waals surface area contributed by atoms with Gasteiger partial charge in [-0.1, -0.05) is 18.2 Å². The molecule has 1 fully saturated rings. The fourth-order valence-electron chi connectivity index (χ4n) is 4.14. The lowest BCUT2D eigenvalue weighted by molar-refractivity contribution is -0.142. The summed E-state index contributed by atoms with van der Waals surface area (Å²) in [7, 11) is 1.40. The van der Waals surface area contributed by atoms with Crippen molar-refractivity contribution in [2.45, 2.75) is 32.2 Å². The summed E-state index contributed by atoms with van der Waals surface area (Å²) < 4.78 is 4.77. The van der Waals surface area contributed by atoms with Crippen molar-refractivity contribution < 1.29 is 14.3 Å². The summed E-state index contributed by atoms with van der Waals surface area (Å²) in [5.41, 5.74) is 4.71. The van der Waals surface area contributed by atoms with Gasteiger partial charge >= 0.3 is 5.97 Å². The number of amides is 1. The number of nitrogens with one attached hydrogen (secondary N) is 1. The number of fused-ring (bicyclic) bond motifs is 1. The van der Waals surface area contributed by atoms with Gasteiger partial charge in [-0.25, -0.2) is 0 Å². The second kappa shape index (κ2) is 10.4. The van der Waals surface area contributed by atoms with Gasteiger partial charge < -0.3 is 10.1 Å². The van der Waals surface area contributed by atoms with Crippen LogP contribution in [-0.2, 0) is 22.5 Å². The Bertz CT molecular complexity index is 981. The largest absolute Gasteiger partial charge is 0.468 e. The highest BCUT2D eigenvalue weighted by Gasteiger charge is 2.19. The Balaban J connectivity index is 1.36. The number of hydrogen-bond acceptors (Lipinski definition) is 6. The Morgan fingerprint density at radius 1 is 1.03 bits per heavy atom. The molecule has 7 nitrogen and oxygen atoms in total. The molecular formula is C25H30N4O3. The highest BCUT2D eigenvalue weighted by molar-refractivity contribution is 6.04. The molecule has 0 bridgehead atoms. The van der Waals surface area contributed by atoms with Crippen LogP contribution in [0.5, 0.6) is 0 Å². The van der Waals surface area contributed by atoms with E-state index >= 15 is 0 Å². The summed E-state index contributed by atoms with van der Waals surface area (Å²) in [5.74, 6) is -0.381. The van der Waals surface area contributed by atoms with Crippen molar-refractivity contribution in [3.8, 4) is 0 Å². The monoisotopic (exact) mass is 434 g/mol. The molecule has 0 saturated carbocycles. The third-order valence-corrected chi connectivity index (χ3v) is 6.01. The zero-order chi connectivity index (χ0) is 22.3. The molecule has 0 aliphatic carbocycles. The first-order valence-electron chi connectivity index (χ1n) is 11.2. The molecule has 1 saturated heterocycles. The molecule has 168 valence electrons. The van der Waals surface area contributed by atoms with E-state index < -0.39 is 0 Å². The van der Waals surface area contributed by atoms with E-state index in [1.54, 1.807) is 0 Å². The summed E-state index contributed by atoms with van der Waals surface area (Å²) in [5, 5.41) is 9.63. The second-order valence-electron chi connectivity index (χ2n) is 8.36. The zero-order valence-corrected chi connectivity index (χ0v) is 18.5. The van der Waals surface area contributed by atoms with Gasteiger partial charge in [-0.3, -0.25) is 19.5 Å². The minimum absolute atomic E-state index is 0.147. The molecule has 1 N–H and O–H groups in total. The number of hydrazone groups is 1. The number of methoxy groups -OCH3 is 1. The fraction of sp³-hybridized carbons (Fsp3) is 0.400. The second-order valence-corrected chi connectivity index (χ2v) is 8.36. The summed E-state index contributed by atoms with van der Waals surface area (Å²) in [6.07, 6.45) is 6.41. The van der Waals surface area contributed by atoms with Crippen LogP contribution in [0.25, 0.3) is 0 Å². The van der Waals surface area contributed by atoms with Crippen LogP contribution >= 0.6 is 0 Å². The van der Waals surface area contributed by atoms with Gasteiger partial charge in [0, 0.05) is 37.4 Å². The van der Waals surface area contributed by atoms with Crippen molar-refractivity contribution in [1.82, 2.24) is 9.91 Å². The molecule has 2 aromatic rings. The number of anilines is 1. The van der Waals surface area contributed by atoms with E-state index in [0.717, 1.165) is 42.9 Å². The van der Waals surface area contributed by atoms with Gasteiger partial charge in [-0.2, -0.15) is 5.10 Å².